The summed E-state index contributed by atoms with van der Waals surface area (Å²) in [6.45, 7) is 4.01. The summed E-state index contributed by atoms with van der Waals surface area (Å²) in [6, 6.07) is 13.8. The Hall–Kier alpha value is -2.20. The van der Waals surface area contributed by atoms with Gasteiger partial charge in [0.2, 0.25) is 0 Å². The monoisotopic (exact) mass is 284 g/mol. The quantitative estimate of drug-likeness (QED) is 0.722. The van der Waals surface area contributed by atoms with E-state index >= 15 is 0 Å². The van der Waals surface area contributed by atoms with Crippen LogP contribution in [0.15, 0.2) is 42.5 Å². The van der Waals surface area contributed by atoms with Crippen LogP contribution in [-0.4, -0.2) is 20.2 Å². The van der Waals surface area contributed by atoms with Crippen LogP contribution in [-0.2, 0) is 0 Å². The number of benzene rings is 2. The van der Waals surface area contributed by atoms with Gasteiger partial charge in [0.15, 0.2) is 5.82 Å². The highest BCUT2D eigenvalue weighted by Gasteiger charge is 2.13. The fraction of sp³-hybridized carbons (Fsp3) is 0.133. The minimum atomic E-state index is 0.702. The molecular formula is C15H13ClN4. The highest BCUT2D eigenvalue weighted by Crippen LogP contribution is 2.25. The van der Waals surface area contributed by atoms with E-state index < -0.39 is 0 Å². The minimum Gasteiger partial charge on any atom is -0.192 e. The van der Waals surface area contributed by atoms with E-state index in [1.54, 1.807) is 4.68 Å². The average Bonchev–Trinajstić information content (AvgIpc) is 2.92. The SMILES string of the molecule is Cc1ccc(-c2nnnn2-c2cccc(Cl)c2C)cc1. The molecule has 0 amide bonds. The standard InChI is InChI=1S/C15H13ClN4/c1-10-6-8-12(9-7-10)15-17-18-19-20(15)14-5-3-4-13(16)11(14)2/h3-9H,1-2H3. The van der Waals surface area contributed by atoms with Crippen molar-refractivity contribution in [3.8, 4) is 17.1 Å². The number of rotatable bonds is 2. The Labute approximate surface area is 122 Å². The van der Waals surface area contributed by atoms with E-state index in [1.807, 2.05) is 56.3 Å². The Bertz CT molecular complexity index is 747. The summed E-state index contributed by atoms with van der Waals surface area (Å²) in [5, 5.41) is 12.7. The van der Waals surface area contributed by atoms with Crippen LogP contribution in [0.25, 0.3) is 17.1 Å². The smallest absolute Gasteiger partial charge is 0.187 e. The third-order valence-corrected chi connectivity index (χ3v) is 3.66. The largest absolute Gasteiger partial charge is 0.192 e. The van der Waals surface area contributed by atoms with Gasteiger partial charge in [-0.1, -0.05) is 47.5 Å². The molecule has 0 bridgehead atoms. The van der Waals surface area contributed by atoms with E-state index in [4.69, 9.17) is 11.6 Å². The van der Waals surface area contributed by atoms with Crippen molar-refractivity contribution in [1.82, 2.24) is 20.2 Å². The Morgan fingerprint density at radius 3 is 2.50 bits per heavy atom. The van der Waals surface area contributed by atoms with Gasteiger partial charge < -0.3 is 0 Å². The Morgan fingerprint density at radius 2 is 1.75 bits per heavy atom. The lowest BCUT2D eigenvalue weighted by atomic mass is 10.1. The molecule has 3 rings (SSSR count). The van der Waals surface area contributed by atoms with Gasteiger partial charge in [0, 0.05) is 10.6 Å². The number of hydrogen-bond acceptors (Lipinski definition) is 3. The molecule has 0 saturated heterocycles. The molecule has 20 heavy (non-hydrogen) atoms. The lowest BCUT2D eigenvalue weighted by molar-refractivity contribution is 0.787. The van der Waals surface area contributed by atoms with Gasteiger partial charge in [-0.05, 0) is 42.0 Å². The number of hydrogen-bond donors (Lipinski definition) is 0. The van der Waals surface area contributed by atoms with E-state index in [2.05, 4.69) is 15.5 Å². The molecule has 0 fully saturated rings. The van der Waals surface area contributed by atoms with Crippen molar-refractivity contribution < 1.29 is 0 Å². The molecule has 1 aromatic heterocycles. The zero-order valence-corrected chi connectivity index (χ0v) is 12.0. The first-order chi connectivity index (χ1) is 9.66. The van der Waals surface area contributed by atoms with Crippen LogP contribution in [0.4, 0.5) is 0 Å². The van der Waals surface area contributed by atoms with E-state index in [1.165, 1.54) is 5.56 Å². The highest BCUT2D eigenvalue weighted by molar-refractivity contribution is 6.31. The Kier molecular flexibility index (Phi) is 3.24. The fourth-order valence-electron chi connectivity index (χ4n) is 2.06. The molecular weight excluding hydrogens is 272 g/mol. The topological polar surface area (TPSA) is 43.6 Å². The number of aromatic nitrogens is 4. The third-order valence-electron chi connectivity index (χ3n) is 3.25. The fourth-order valence-corrected chi connectivity index (χ4v) is 2.23. The molecule has 0 aliphatic rings. The first-order valence-corrected chi connectivity index (χ1v) is 6.65. The van der Waals surface area contributed by atoms with Gasteiger partial charge in [-0.3, -0.25) is 0 Å². The zero-order valence-electron chi connectivity index (χ0n) is 11.2. The molecule has 1 heterocycles. The van der Waals surface area contributed by atoms with E-state index in [-0.39, 0.29) is 0 Å². The van der Waals surface area contributed by atoms with Gasteiger partial charge in [-0.2, -0.15) is 4.68 Å². The molecule has 0 aliphatic carbocycles. The summed E-state index contributed by atoms with van der Waals surface area (Å²) in [5.41, 5.74) is 4.01. The maximum absolute atomic E-state index is 6.17. The molecule has 0 unspecified atom stereocenters. The van der Waals surface area contributed by atoms with Crippen molar-refractivity contribution in [2.24, 2.45) is 0 Å². The summed E-state index contributed by atoms with van der Waals surface area (Å²) < 4.78 is 1.71. The lowest BCUT2D eigenvalue weighted by Crippen LogP contribution is -2.02. The number of tetrazole rings is 1. The van der Waals surface area contributed by atoms with Gasteiger partial charge >= 0.3 is 0 Å². The Morgan fingerprint density at radius 1 is 1.00 bits per heavy atom. The second-order valence-electron chi connectivity index (χ2n) is 4.66. The molecule has 0 aliphatic heterocycles. The number of nitrogens with zero attached hydrogens (tertiary/aromatic N) is 4. The predicted molar refractivity (Wildman–Crippen MR) is 79.1 cm³/mol. The van der Waals surface area contributed by atoms with Crippen LogP contribution >= 0.6 is 11.6 Å². The van der Waals surface area contributed by atoms with Gasteiger partial charge in [-0.15, -0.1) is 5.10 Å². The summed E-state index contributed by atoms with van der Waals surface area (Å²) in [6.07, 6.45) is 0. The lowest BCUT2D eigenvalue weighted by Gasteiger charge is -2.09. The third kappa shape index (κ3) is 2.18. The maximum atomic E-state index is 6.17. The van der Waals surface area contributed by atoms with Gasteiger partial charge in [0.05, 0.1) is 5.69 Å². The first-order valence-electron chi connectivity index (χ1n) is 6.28. The van der Waals surface area contributed by atoms with Gasteiger partial charge in [0.1, 0.15) is 0 Å². The number of halogens is 1. The van der Waals surface area contributed by atoms with Crippen molar-refractivity contribution in [1.29, 1.82) is 0 Å². The summed E-state index contributed by atoms with van der Waals surface area (Å²) in [5.74, 6) is 0.704. The highest BCUT2D eigenvalue weighted by atomic mass is 35.5. The predicted octanol–water partition coefficient (Wildman–Crippen LogP) is 3.60. The van der Waals surface area contributed by atoms with Crippen molar-refractivity contribution >= 4 is 11.6 Å². The summed E-state index contributed by atoms with van der Waals surface area (Å²) in [4.78, 5) is 0. The first kappa shape index (κ1) is 12.8. The minimum absolute atomic E-state index is 0.702. The van der Waals surface area contributed by atoms with Crippen molar-refractivity contribution in [2.75, 3.05) is 0 Å². The maximum Gasteiger partial charge on any atom is 0.187 e. The molecule has 0 N–H and O–H groups in total. The van der Waals surface area contributed by atoms with Crippen molar-refractivity contribution in [3.05, 3.63) is 58.6 Å². The molecule has 0 saturated carbocycles. The van der Waals surface area contributed by atoms with Crippen molar-refractivity contribution in [3.63, 3.8) is 0 Å². The molecule has 3 aromatic rings. The van der Waals surface area contributed by atoms with Crippen molar-refractivity contribution in [2.45, 2.75) is 13.8 Å². The molecule has 100 valence electrons. The van der Waals surface area contributed by atoms with Crippen LogP contribution in [0.1, 0.15) is 11.1 Å². The van der Waals surface area contributed by atoms with Gasteiger partial charge in [-0.25, -0.2) is 0 Å². The van der Waals surface area contributed by atoms with E-state index in [0.717, 1.165) is 16.8 Å². The second-order valence-corrected chi connectivity index (χ2v) is 5.07. The summed E-state index contributed by atoms with van der Waals surface area (Å²) in [7, 11) is 0. The van der Waals surface area contributed by atoms with Crippen LogP contribution in [0.2, 0.25) is 5.02 Å². The molecule has 5 heteroatoms. The zero-order chi connectivity index (χ0) is 14.1. The normalized spacial score (nSPS) is 10.8. The van der Waals surface area contributed by atoms with Gasteiger partial charge in [0.25, 0.3) is 0 Å². The number of aryl methyl sites for hydroxylation is 1. The van der Waals surface area contributed by atoms with Crippen LogP contribution in [0.5, 0.6) is 0 Å². The molecule has 2 aromatic carbocycles. The second kappa shape index (κ2) is 5.06. The van der Waals surface area contributed by atoms with Crippen LogP contribution in [0, 0.1) is 13.8 Å². The van der Waals surface area contributed by atoms with E-state index in [9.17, 15) is 0 Å². The average molecular weight is 285 g/mol. The molecule has 4 nitrogen and oxygen atoms in total. The van der Waals surface area contributed by atoms with Crippen LogP contribution in [0.3, 0.4) is 0 Å². The molecule has 0 atom stereocenters. The summed E-state index contributed by atoms with van der Waals surface area (Å²) >= 11 is 6.17. The molecule has 0 spiro atoms. The van der Waals surface area contributed by atoms with E-state index in [0.29, 0.717) is 10.8 Å². The molecule has 0 radical (unpaired) electrons. The Balaban J connectivity index is 2.15. The van der Waals surface area contributed by atoms with Crippen LogP contribution < -0.4 is 0 Å².